The van der Waals surface area contributed by atoms with Crippen molar-refractivity contribution in [1.29, 1.82) is 0 Å². The number of thiazole rings is 1. The molecular weight excluding hydrogens is 432 g/mol. The molecule has 0 aliphatic heterocycles. The molecule has 0 aliphatic carbocycles. The summed E-state index contributed by atoms with van der Waals surface area (Å²) in [6.07, 6.45) is 0. The summed E-state index contributed by atoms with van der Waals surface area (Å²) in [5, 5.41) is 12.3. The van der Waals surface area contributed by atoms with Gasteiger partial charge in [-0.05, 0) is 52.4 Å². The van der Waals surface area contributed by atoms with Crippen molar-refractivity contribution in [3.05, 3.63) is 50.3 Å². The van der Waals surface area contributed by atoms with E-state index in [2.05, 4.69) is 32.9 Å². The van der Waals surface area contributed by atoms with Crippen LogP contribution in [-0.4, -0.2) is 16.1 Å². The zero-order valence-corrected chi connectivity index (χ0v) is 14.6. The highest BCUT2D eigenvalue weighted by Crippen LogP contribution is 2.33. The summed E-state index contributed by atoms with van der Waals surface area (Å²) in [6.45, 7) is 0.252. The summed E-state index contributed by atoms with van der Waals surface area (Å²) >= 11 is 3.35. The smallest absolute Gasteiger partial charge is 0.337 e. The van der Waals surface area contributed by atoms with Crippen molar-refractivity contribution in [1.82, 2.24) is 4.98 Å². The van der Waals surface area contributed by atoms with E-state index in [0.29, 0.717) is 10.4 Å². The number of halogens is 2. The Morgan fingerprint density at radius 3 is 2.91 bits per heavy atom. The van der Waals surface area contributed by atoms with Crippen molar-refractivity contribution in [3.63, 3.8) is 0 Å². The Morgan fingerprint density at radius 2 is 2.22 bits per heavy atom. The van der Waals surface area contributed by atoms with Gasteiger partial charge in [-0.25, -0.2) is 14.2 Å². The van der Waals surface area contributed by atoms with E-state index < -0.39 is 11.8 Å². The van der Waals surface area contributed by atoms with Crippen LogP contribution in [0.4, 0.5) is 15.8 Å². The molecule has 0 amide bonds. The molecule has 0 unspecified atom stereocenters. The average Bonchev–Trinajstić information content (AvgIpc) is 2.99. The Kier molecular flexibility index (Phi) is 4.46. The quantitative estimate of drug-likeness (QED) is 0.532. The van der Waals surface area contributed by atoms with Crippen LogP contribution in [0.1, 0.15) is 15.9 Å². The maximum atomic E-state index is 14.7. The zero-order valence-electron chi connectivity index (χ0n) is 11.6. The van der Waals surface area contributed by atoms with Gasteiger partial charge in [0, 0.05) is 15.8 Å². The molecule has 8 heteroatoms. The summed E-state index contributed by atoms with van der Waals surface area (Å²) in [6, 6.07) is 6.88. The van der Waals surface area contributed by atoms with Gasteiger partial charge in [0.25, 0.3) is 0 Å². The number of aromatic carboxylic acids is 1. The lowest BCUT2D eigenvalue weighted by atomic mass is 10.1. The highest BCUT2D eigenvalue weighted by molar-refractivity contribution is 14.1. The number of hydrogen-bond donors (Lipinski definition) is 3. The van der Waals surface area contributed by atoms with Crippen LogP contribution in [0.3, 0.4) is 0 Å². The number of rotatable bonds is 4. The Morgan fingerprint density at radius 1 is 1.43 bits per heavy atom. The van der Waals surface area contributed by atoms with Crippen molar-refractivity contribution < 1.29 is 14.3 Å². The average molecular weight is 443 g/mol. The van der Waals surface area contributed by atoms with Crippen LogP contribution in [0.15, 0.2) is 29.8 Å². The number of benzene rings is 2. The SMILES string of the molecule is NCc1cc(I)ccc1Nc1c(C(=O)O)cc2scnc2c1F. The minimum absolute atomic E-state index is 0.105. The number of nitrogens with zero attached hydrogens (tertiary/aromatic N) is 1. The number of carbonyl (C=O) groups is 1. The number of aromatic nitrogens is 1. The maximum absolute atomic E-state index is 14.7. The van der Waals surface area contributed by atoms with E-state index in [0.717, 1.165) is 9.13 Å². The van der Waals surface area contributed by atoms with Gasteiger partial charge < -0.3 is 16.2 Å². The first-order valence-corrected chi connectivity index (χ1v) is 8.51. The number of nitrogens with one attached hydrogen (secondary N) is 1. The highest BCUT2D eigenvalue weighted by Gasteiger charge is 2.20. The van der Waals surface area contributed by atoms with Crippen LogP contribution in [0, 0.1) is 9.39 Å². The predicted octanol–water partition coefficient (Wildman–Crippen LogP) is 3.94. The van der Waals surface area contributed by atoms with Gasteiger partial charge in [0.1, 0.15) is 5.52 Å². The molecule has 3 aromatic rings. The number of carboxylic acid groups (broad SMARTS) is 1. The second-order valence-corrected chi connectivity index (χ2v) is 6.88. The van der Waals surface area contributed by atoms with Crippen LogP contribution in [0.5, 0.6) is 0 Å². The van der Waals surface area contributed by atoms with E-state index in [1.54, 1.807) is 6.07 Å². The largest absolute Gasteiger partial charge is 0.478 e. The molecule has 118 valence electrons. The van der Waals surface area contributed by atoms with Crippen LogP contribution in [0.2, 0.25) is 0 Å². The fraction of sp³-hybridized carbons (Fsp3) is 0.0667. The molecule has 0 radical (unpaired) electrons. The second kappa shape index (κ2) is 6.38. The highest BCUT2D eigenvalue weighted by atomic mass is 127. The Labute approximate surface area is 148 Å². The van der Waals surface area contributed by atoms with Gasteiger partial charge in [0.05, 0.1) is 21.5 Å². The van der Waals surface area contributed by atoms with Crippen LogP contribution in [-0.2, 0) is 6.54 Å². The molecule has 0 aliphatic rings. The molecule has 0 atom stereocenters. The number of fused-ring (bicyclic) bond motifs is 1. The molecule has 0 bridgehead atoms. The fourth-order valence-corrected chi connectivity index (χ4v) is 3.51. The molecule has 1 heterocycles. The lowest BCUT2D eigenvalue weighted by Crippen LogP contribution is -2.08. The van der Waals surface area contributed by atoms with Crippen molar-refractivity contribution >= 4 is 61.5 Å². The summed E-state index contributed by atoms with van der Waals surface area (Å²) in [7, 11) is 0. The van der Waals surface area contributed by atoms with Gasteiger partial charge in [0.2, 0.25) is 0 Å². The Balaban J connectivity index is 2.17. The minimum Gasteiger partial charge on any atom is -0.478 e. The van der Waals surface area contributed by atoms with Crippen molar-refractivity contribution in [2.24, 2.45) is 5.73 Å². The third-order valence-electron chi connectivity index (χ3n) is 3.34. The van der Waals surface area contributed by atoms with E-state index in [1.165, 1.54) is 22.9 Å². The summed E-state index contributed by atoms with van der Waals surface area (Å²) in [5.41, 5.74) is 8.46. The van der Waals surface area contributed by atoms with Crippen molar-refractivity contribution in [2.75, 3.05) is 5.32 Å². The van der Waals surface area contributed by atoms with E-state index in [1.807, 2.05) is 12.1 Å². The second-order valence-electron chi connectivity index (χ2n) is 4.75. The summed E-state index contributed by atoms with van der Waals surface area (Å²) < 4.78 is 16.2. The topological polar surface area (TPSA) is 88.2 Å². The molecule has 0 saturated heterocycles. The lowest BCUT2D eigenvalue weighted by molar-refractivity contribution is 0.0698. The van der Waals surface area contributed by atoms with Crippen molar-refractivity contribution in [3.8, 4) is 0 Å². The molecule has 0 spiro atoms. The van der Waals surface area contributed by atoms with E-state index in [4.69, 9.17) is 5.73 Å². The predicted molar refractivity (Wildman–Crippen MR) is 96.9 cm³/mol. The molecule has 3 rings (SSSR count). The van der Waals surface area contributed by atoms with E-state index >= 15 is 0 Å². The summed E-state index contributed by atoms with van der Waals surface area (Å²) in [4.78, 5) is 15.5. The van der Waals surface area contributed by atoms with E-state index in [-0.39, 0.29) is 23.3 Å². The van der Waals surface area contributed by atoms with Gasteiger partial charge in [-0.3, -0.25) is 0 Å². The third kappa shape index (κ3) is 3.01. The number of hydrogen-bond acceptors (Lipinski definition) is 5. The monoisotopic (exact) mass is 443 g/mol. The van der Waals surface area contributed by atoms with Crippen molar-refractivity contribution in [2.45, 2.75) is 6.54 Å². The molecule has 5 nitrogen and oxygen atoms in total. The molecular formula is C15H11FIN3O2S. The summed E-state index contributed by atoms with van der Waals surface area (Å²) in [5.74, 6) is -1.89. The first kappa shape index (κ1) is 16.1. The van der Waals surface area contributed by atoms with Crippen LogP contribution < -0.4 is 11.1 Å². The van der Waals surface area contributed by atoms with Gasteiger partial charge in [-0.1, -0.05) is 0 Å². The van der Waals surface area contributed by atoms with Gasteiger partial charge in [-0.15, -0.1) is 11.3 Å². The van der Waals surface area contributed by atoms with Gasteiger partial charge >= 0.3 is 5.97 Å². The number of nitrogens with two attached hydrogens (primary N) is 1. The first-order valence-electron chi connectivity index (χ1n) is 6.55. The molecule has 4 N–H and O–H groups in total. The number of anilines is 2. The normalized spacial score (nSPS) is 10.9. The Hall–Kier alpha value is -1.78. The first-order chi connectivity index (χ1) is 11.0. The standard InChI is InChI=1S/C15H11FIN3O2S/c16-12-13(20-10-2-1-8(17)3-7(10)5-18)9(15(21)22)4-11-14(12)19-6-23-11/h1-4,6,20H,5,18H2,(H,21,22). The molecule has 1 aromatic heterocycles. The number of carboxylic acids is 1. The molecule has 2 aromatic carbocycles. The lowest BCUT2D eigenvalue weighted by Gasteiger charge is -2.14. The third-order valence-corrected chi connectivity index (χ3v) is 4.79. The van der Waals surface area contributed by atoms with Crippen LogP contribution >= 0.6 is 33.9 Å². The molecule has 23 heavy (non-hydrogen) atoms. The Bertz CT molecular complexity index is 913. The minimum atomic E-state index is -1.21. The van der Waals surface area contributed by atoms with Gasteiger partial charge in [0.15, 0.2) is 5.82 Å². The zero-order chi connectivity index (χ0) is 16.6. The van der Waals surface area contributed by atoms with Gasteiger partial charge in [-0.2, -0.15) is 0 Å². The maximum Gasteiger partial charge on any atom is 0.337 e. The van der Waals surface area contributed by atoms with E-state index in [9.17, 15) is 14.3 Å². The molecule has 0 fully saturated rings. The molecule has 0 saturated carbocycles. The van der Waals surface area contributed by atoms with Crippen LogP contribution in [0.25, 0.3) is 10.2 Å². The fourth-order valence-electron chi connectivity index (χ4n) is 2.24.